The number of hydrogen-bond donors (Lipinski definition) is 2. The first-order chi connectivity index (χ1) is 12.0. The van der Waals surface area contributed by atoms with Crippen molar-refractivity contribution in [2.24, 2.45) is 5.73 Å². The van der Waals surface area contributed by atoms with Crippen molar-refractivity contribution in [2.75, 3.05) is 6.61 Å². The van der Waals surface area contributed by atoms with Crippen molar-refractivity contribution in [3.05, 3.63) is 70.7 Å². The fraction of sp³-hybridized carbons (Fsp3) is 0.0556. The van der Waals surface area contributed by atoms with Crippen molar-refractivity contribution < 1.29 is 19.1 Å². The third-order valence-electron chi connectivity index (χ3n) is 3.08. The molecule has 0 aliphatic heterocycles. The first-order valence-electron chi connectivity index (χ1n) is 7.25. The normalized spacial score (nSPS) is 10.8. The average Bonchev–Trinajstić information content (AvgIpc) is 2.59. The number of primary amides is 1. The zero-order valence-corrected chi connectivity index (χ0v) is 13.8. The summed E-state index contributed by atoms with van der Waals surface area (Å²) < 4.78 is 4.96. The van der Waals surface area contributed by atoms with Crippen LogP contribution in [0, 0.1) is 0 Å². The molecule has 0 aliphatic carbocycles. The molecule has 0 saturated heterocycles. The van der Waals surface area contributed by atoms with Gasteiger partial charge in [-0.2, -0.15) is 0 Å². The van der Waals surface area contributed by atoms with Crippen LogP contribution in [-0.4, -0.2) is 24.5 Å². The van der Waals surface area contributed by atoms with E-state index in [0.717, 1.165) is 5.56 Å². The van der Waals surface area contributed by atoms with Crippen LogP contribution in [0.2, 0.25) is 5.02 Å². The van der Waals surface area contributed by atoms with Crippen LogP contribution in [0.25, 0.3) is 11.6 Å². The molecule has 0 unspecified atom stereocenters. The topological polar surface area (TPSA) is 98.5 Å². The lowest BCUT2D eigenvalue weighted by Crippen LogP contribution is -2.37. The molecule has 0 spiro atoms. The maximum absolute atomic E-state index is 12.4. The van der Waals surface area contributed by atoms with Crippen molar-refractivity contribution in [3.8, 4) is 0 Å². The Hall–Kier alpha value is -3.12. The molecule has 128 valence electrons. The first kappa shape index (κ1) is 18.2. The van der Waals surface area contributed by atoms with Gasteiger partial charge in [0.1, 0.15) is 0 Å². The molecule has 0 radical (unpaired) electrons. The Kier molecular flexibility index (Phi) is 6.31. The summed E-state index contributed by atoms with van der Waals surface area (Å²) in [7, 11) is 0. The highest BCUT2D eigenvalue weighted by atomic mass is 35.5. The number of benzene rings is 2. The lowest BCUT2D eigenvalue weighted by Gasteiger charge is -2.09. The molecule has 2 aromatic carbocycles. The Balaban J connectivity index is 2.24. The summed E-state index contributed by atoms with van der Waals surface area (Å²) in [6, 6.07) is 14.8. The van der Waals surface area contributed by atoms with Gasteiger partial charge in [0.15, 0.2) is 6.61 Å². The molecular weight excluding hydrogens is 344 g/mol. The quantitative estimate of drug-likeness (QED) is 0.487. The molecule has 3 amide bonds. The molecule has 25 heavy (non-hydrogen) atoms. The molecule has 0 atom stereocenters. The minimum absolute atomic E-state index is 0.245. The zero-order valence-electron chi connectivity index (χ0n) is 13.1. The standard InChI is InChI=1S/C18H15ClN2O4/c19-14-8-6-13(7-9-14)15(10-12-4-2-1-3-5-12)17(23)25-11-16(22)21-18(20)24/h1-10H,11H2,(H3,20,21,22,24)/b15-10+. The minimum Gasteiger partial charge on any atom is -0.452 e. The Morgan fingerprint density at radius 1 is 1.04 bits per heavy atom. The lowest BCUT2D eigenvalue weighted by atomic mass is 10.0. The number of halogens is 1. The van der Waals surface area contributed by atoms with E-state index in [1.807, 2.05) is 35.6 Å². The molecule has 2 aromatic rings. The summed E-state index contributed by atoms with van der Waals surface area (Å²) in [5, 5.41) is 2.34. The Labute approximate surface area is 149 Å². The van der Waals surface area contributed by atoms with E-state index >= 15 is 0 Å². The van der Waals surface area contributed by atoms with Gasteiger partial charge in [0.25, 0.3) is 5.91 Å². The van der Waals surface area contributed by atoms with Crippen LogP contribution in [0.1, 0.15) is 11.1 Å². The maximum Gasteiger partial charge on any atom is 0.339 e. The monoisotopic (exact) mass is 358 g/mol. The van der Waals surface area contributed by atoms with E-state index in [1.165, 1.54) is 0 Å². The van der Waals surface area contributed by atoms with E-state index in [-0.39, 0.29) is 5.57 Å². The molecule has 0 aromatic heterocycles. The Morgan fingerprint density at radius 2 is 1.68 bits per heavy atom. The van der Waals surface area contributed by atoms with Gasteiger partial charge in [-0.3, -0.25) is 10.1 Å². The molecule has 0 fully saturated rings. The van der Waals surface area contributed by atoms with E-state index in [1.54, 1.807) is 30.3 Å². The third kappa shape index (κ3) is 5.78. The average molecular weight is 359 g/mol. The largest absolute Gasteiger partial charge is 0.452 e. The molecule has 0 aliphatic rings. The van der Waals surface area contributed by atoms with Gasteiger partial charge >= 0.3 is 12.0 Å². The van der Waals surface area contributed by atoms with E-state index in [9.17, 15) is 14.4 Å². The van der Waals surface area contributed by atoms with Crippen molar-refractivity contribution in [2.45, 2.75) is 0 Å². The molecule has 7 heteroatoms. The molecule has 2 rings (SSSR count). The number of hydrogen-bond acceptors (Lipinski definition) is 4. The number of imide groups is 1. The number of rotatable bonds is 5. The highest BCUT2D eigenvalue weighted by molar-refractivity contribution is 6.30. The highest BCUT2D eigenvalue weighted by Crippen LogP contribution is 2.22. The van der Waals surface area contributed by atoms with Gasteiger partial charge in [0.2, 0.25) is 0 Å². The minimum atomic E-state index is -1.01. The van der Waals surface area contributed by atoms with Gasteiger partial charge in [0, 0.05) is 5.02 Å². The smallest absolute Gasteiger partial charge is 0.339 e. The van der Waals surface area contributed by atoms with Crippen LogP contribution in [0.15, 0.2) is 54.6 Å². The lowest BCUT2D eigenvalue weighted by molar-refractivity contribution is -0.142. The van der Waals surface area contributed by atoms with Crippen molar-refractivity contribution in [3.63, 3.8) is 0 Å². The fourth-order valence-corrected chi connectivity index (χ4v) is 2.11. The van der Waals surface area contributed by atoms with Crippen LogP contribution in [0.4, 0.5) is 4.79 Å². The van der Waals surface area contributed by atoms with Crippen molar-refractivity contribution in [1.82, 2.24) is 5.32 Å². The second-order valence-electron chi connectivity index (χ2n) is 4.96. The first-order valence-corrected chi connectivity index (χ1v) is 7.62. The van der Waals surface area contributed by atoms with Gasteiger partial charge in [-0.25, -0.2) is 9.59 Å². The molecule has 6 nitrogen and oxygen atoms in total. The zero-order chi connectivity index (χ0) is 18.2. The number of nitrogens with two attached hydrogens (primary N) is 1. The number of ether oxygens (including phenoxy) is 1. The highest BCUT2D eigenvalue weighted by Gasteiger charge is 2.16. The van der Waals surface area contributed by atoms with Crippen LogP contribution in [0.3, 0.4) is 0 Å². The summed E-state index contributed by atoms with van der Waals surface area (Å²) in [5.41, 5.74) is 6.44. The number of nitrogens with one attached hydrogen (secondary N) is 1. The second kappa shape index (κ2) is 8.65. The number of amides is 3. The van der Waals surface area contributed by atoms with Crippen molar-refractivity contribution in [1.29, 1.82) is 0 Å². The summed E-state index contributed by atoms with van der Waals surface area (Å²) >= 11 is 5.87. The van der Waals surface area contributed by atoms with Crippen LogP contribution in [-0.2, 0) is 14.3 Å². The van der Waals surface area contributed by atoms with E-state index in [2.05, 4.69) is 0 Å². The molecular formula is C18H15ClN2O4. The molecule has 3 N–H and O–H groups in total. The van der Waals surface area contributed by atoms with Gasteiger partial charge in [-0.05, 0) is 29.3 Å². The number of carbonyl (C=O) groups is 3. The summed E-state index contributed by atoms with van der Waals surface area (Å²) in [6.45, 7) is -0.624. The Morgan fingerprint density at radius 3 is 2.28 bits per heavy atom. The number of urea groups is 1. The van der Waals surface area contributed by atoms with Crippen LogP contribution in [0.5, 0.6) is 0 Å². The van der Waals surface area contributed by atoms with Gasteiger partial charge in [0.05, 0.1) is 5.57 Å². The van der Waals surface area contributed by atoms with Gasteiger partial charge in [-0.1, -0.05) is 54.1 Å². The van der Waals surface area contributed by atoms with E-state index < -0.39 is 24.5 Å². The van der Waals surface area contributed by atoms with E-state index in [0.29, 0.717) is 10.6 Å². The fourth-order valence-electron chi connectivity index (χ4n) is 1.99. The van der Waals surface area contributed by atoms with Crippen LogP contribution >= 0.6 is 11.6 Å². The third-order valence-corrected chi connectivity index (χ3v) is 3.33. The number of carbonyl (C=O) groups excluding carboxylic acids is 3. The SMILES string of the molecule is NC(=O)NC(=O)COC(=O)/C(=C/c1ccccc1)c1ccc(Cl)cc1. The summed E-state index contributed by atoms with van der Waals surface area (Å²) in [5.74, 6) is -1.53. The van der Waals surface area contributed by atoms with E-state index in [4.69, 9.17) is 22.1 Å². The molecule has 0 saturated carbocycles. The summed E-state index contributed by atoms with van der Waals surface area (Å²) in [6.07, 6.45) is 1.64. The Bertz CT molecular complexity index is 802. The van der Waals surface area contributed by atoms with Gasteiger partial charge < -0.3 is 10.5 Å². The maximum atomic E-state index is 12.4. The van der Waals surface area contributed by atoms with Crippen LogP contribution < -0.4 is 11.1 Å². The second-order valence-corrected chi connectivity index (χ2v) is 5.40. The molecule has 0 bridgehead atoms. The summed E-state index contributed by atoms with van der Waals surface area (Å²) in [4.78, 5) is 34.4. The predicted molar refractivity (Wildman–Crippen MR) is 94.5 cm³/mol. The molecule has 0 heterocycles. The predicted octanol–water partition coefficient (Wildman–Crippen LogP) is 2.62. The number of esters is 1. The van der Waals surface area contributed by atoms with Gasteiger partial charge in [-0.15, -0.1) is 0 Å². The van der Waals surface area contributed by atoms with Crippen molar-refractivity contribution >= 4 is 41.2 Å².